The van der Waals surface area contributed by atoms with Gasteiger partial charge in [0.25, 0.3) is 0 Å². The van der Waals surface area contributed by atoms with Crippen molar-refractivity contribution < 1.29 is 14.6 Å². The molecule has 118 valence electrons. The number of nitrogens with one attached hydrogen (secondary N) is 1. The molecule has 2 rings (SSSR count). The highest BCUT2D eigenvalue weighted by Crippen LogP contribution is 2.26. The van der Waals surface area contributed by atoms with Crippen LogP contribution in [-0.4, -0.2) is 51.6 Å². The second kappa shape index (κ2) is 7.51. The van der Waals surface area contributed by atoms with Crippen LogP contribution in [0.25, 0.3) is 0 Å². The normalized spacial score (nSPS) is 25.8. The molecule has 0 unspecified atom stereocenters. The number of carbonyl (C=O) groups excluding carboxylic acids is 1. The number of aromatic nitrogens is 3. The summed E-state index contributed by atoms with van der Waals surface area (Å²) in [5, 5.41) is 20.6. The highest BCUT2D eigenvalue weighted by Gasteiger charge is 2.32. The summed E-state index contributed by atoms with van der Waals surface area (Å²) < 4.78 is 7.19. The van der Waals surface area contributed by atoms with Gasteiger partial charge in [-0.1, -0.05) is 0 Å². The number of methoxy groups -OCH3 is 1. The number of aliphatic hydroxyl groups excluding tert-OH is 1. The van der Waals surface area contributed by atoms with Gasteiger partial charge in [0.1, 0.15) is 12.2 Å². The van der Waals surface area contributed by atoms with Crippen LogP contribution < -0.4 is 5.32 Å². The number of rotatable bonds is 6. The third-order valence-electron chi connectivity index (χ3n) is 4.11. The van der Waals surface area contributed by atoms with E-state index in [1.54, 1.807) is 13.4 Å². The van der Waals surface area contributed by atoms with E-state index in [1.807, 2.05) is 11.5 Å². The van der Waals surface area contributed by atoms with Crippen molar-refractivity contribution in [3.8, 4) is 0 Å². The minimum atomic E-state index is -0.456. The molecule has 0 radical (unpaired) electrons. The number of aryl methyl sites for hydroxylation is 1. The Morgan fingerprint density at radius 1 is 1.57 bits per heavy atom. The van der Waals surface area contributed by atoms with E-state index in [0.29, 0.717) is 32.2 Å². The zero-order valence-electron chi connectivity index (χ0n) is 12.7. The molecule has 2 N–H and O–H groups in total. The van der Waals surface area contributed by atoms with Crippen molar-refractivity contribution in [1.29, 1.82) is 0 Å². The van der Waals surface area contributed by atoms with Gasteiger partial charge < -0.3 is 19.7 Å². The highest BCUT2D eigenvalue weighted by molar-refractivity contribution is 5.78. The lowest BCUT2D eigenvalue weighted by Crippen LogP contribution is -2.42. The van der Waals surface area contributed by atoms with Gasteiger partial charge in [0.2, 0.25) is 5.91 Å². The van der Waals surface area contributed by atoms with Crippen molar-refractivity contribution in [3.05, 3.63) is 12.2 Å². The summed E-state index contributed by atoms with van der Waals surface area (Å²) in [7, 11) is 1.58. The van der Waals surface area contributed by atoms with Crippen molar-refractivity contribution in [3.63, 3.8) is 0 Å². The lowest BCUT2D eigenvalue weighted by atomic mass is 9.84. The monoisotopic (exact) mass is 296 g/mol. The molecule has 1 aromatic rings. The summed E-state index contributed by atoms with van der Waals surface area (Å²) in [6, 6.07) is 0. The fourth-order valence-corrected chi connectivity index (χ4v) is 2.78. The predicted molar refractivity (Wildman–Crippen MR) is 76.6 cm³/mol. The molecule has 0 aromatic carbocycles. The van der Waals surface area contributed by atoms with Crippen LogP contribution in [0.5, 0.6) is 0 Å². The van der Waals surface area contributed by atoms with Crippen molar-refractivity contribution >= 4 is 5.91 Å². The molecule has 0 spiro atoms. The lowest BCUT2D eigenvalue weighted by Gasteiger charge is -2.31. The molecule has 0 bridgehead atoms. The van der Waals surface area contributed by atoms with Crippen LogP contribution in [0.3, 0.4) is 0 Å². The van der Waals surface area contributed by atoms with Gasteiger partial charge in [-0.3, -0.25) is 4.79 Å². The van der Waals surface area contributed by atoms with E-state index in [1.165, 1.54) is 0 Å². The minimum absolute atomic E-state index is 0.0338. The second-order valence-electron chi connectivity index (χ2n) is 5.43. The molecule has 0 saturated heterocycles. The van der Waals surface area contributed by atoms with Gasteiger partial charge in [0, 0.05) is 32.5 Å². The Balaban J connectivity index is 1.77. The summed E-state index contributed by atoms with van der Waals surface area (Å²) in [6.45, 7) is 3.41. The average Bonchev–Trinajstić information content (AvgIpc) is 2.95. The quantitative estimate of drug-likeness (QED) is 0.779. The maximum atomic E-state index is 12.2. The molecule has 1 heterocycles. The third kappa shape index (κ3) is 4.01. The van der Waals surface area contributed by atoms with Crippen LogP contribution in [0.2, 0.25) is 0 Å². The Morgan fingerprint density at radius 2 is 2.38 bits per heavy atom. The first-order valence-electron chi connectivity index (χ1n) is 7.51. The zero-order chi connectivity index (χ0) is 15.2. The molecule has 1 aromatic heterocycles. The first kappa shape index (κ1) is 15.9. The lowest BCUT2D eigenvalue weighted by molar-refractivity contribution is -0.130. The second-order valence-corrected chi connectivity index (χ2v) is 5.43. The van der Waals surface area contributed by atoms with Gasteiger partial charge in [-0.15, -0.1) is 10.2 Å². The molecule has 21 heavy (non-hydrogen) atoms. The van der Waals surface area contributed by atoms with Crippen molar-refractivity contribution in [2.45, 2.75) is 51.4 Å². The summed E-state index contributed by atoms with van der Waals surface area (Å²) in [5.74, 6) is 0.834. The number of ether oxygens (including phenoxy) is 1. The number of hydrogen-bond acceptors (Lipinski definition) is 5. The highest BCUT2D eigenvalue weighted by atomic mass is 16.5. The standard InChI is InChI=1S/C14H24N4O3/c1-3-18-9-16-17-13(18)6-7-15-14(20)10-4-5-11(19)12(8-10)21-2/h9-12,19H,3-8H2,1-2H3,(H,15,20)/t10-,11+,12-/m1/s1. The van der Waals surface area contributed by atoms with Crippen LogP contribution in [0.15, 0.2) is 6.33 Å². The van der Waals surface area contributed by atoms with Crippen molar-refractivity contribution in [2.75, 3.05) is 13.7 Å². The predicted octanol–water partition coefficient (Wildman–Crippen LogP) is 0.133. The molecule has 1 aliphatic carbocycles. The number of amides is 1. The van der Waals surface area contributed by atoms with Gasteiger partial charge in [0.15, 0.2) is 0 Å². The Bertz CT molecular complexity index is 463. The topological polar surface area (TPSA) is 89.3 Å². The summed E-state index contributed by atoms with van der Waals surface area (Å²) in [6.07, 6.45) is 3.57. The summed E-state index contributed by atoms with van der Waals surface area (Å²) >= 11 is 0. The van der Waals surface area contributed by atoms with Crippen LogP contribution in [0, 0.1) is 5.92 Å². The van der Waals surface area contributed by atoms with Crippen LogP contribution in [0.4, 0.5) is 0 Å². The van der Waals surface area contributed by atoms with Gasteiger partial charge in [-0.2, -0.15) is 0 Å². The summed E-state index contributed by atoms with van der Waals surface area (Å²) in [5.41, 5.74) is 0. The van der Waals surface area contributed by atoms with E-state index in [0.717, 1.165) is 12.4 Å². The molecule has 1 fully saturated rings. The average molecular weight is 296 g/mol. The number of hydrogen-bond donors (Lipinski definition) is 2. The van der Waals surface area contributed by atoms with Crippen LogP contribution in [-0.2, 0) is 22.5 Å². The third-order valence-corrected chi connectivity index (χ3v) is 4.11. The maximum absolute atomic E-state index is 12.2. The molecule has 0 aliphatic heterocycles. The molecule has 7 nitrogen and oxygen atoms in total. The van der Waals surface area contributed by atoms with E-state index < -0.39 is 6.10 Å². The Morgan fingerprint density at radius 3 is 3.10 bits per heavy atom. The fourth-order valence-electron chi connectivity index (χ4n) is 2.78. The first-order chi connectivity index (χ1) is 10.2. The van der Waals surface area contributed by atoms with Gasteiger partial charge in [0.05, 0.1) is 12.2 Å². The Labute approximate surface area is 124 Å². The molecular weight excluding hydrogens is 272 g/mol. The molecule has 1 amide bonds. The van der Waals surface area contributed by atoms with Gasteiger partial charge in [-0.25, -0.2) is 0 Å². The van der Waals surface area contributed by atoms with E-state index >= 15 is 0 Å². The van der Waals surface area contributed by atoms with Crippen LogP contribution in [0.1, 0.15) is 32.0 Å². The fraction of sp³-hybridized carbons (Fsp3) is 0.786. The minimum Gasteiger partial charge on any atom is -0.390 e. The van der Waals surface area contributed by atoms with Gasteiger partial charge >= 0.3 is 0 Å². The number of carbonyl (C=O) groups is 1. The SMILES string of the molecule is CCn1cnnc1CCNC(=O)[C@@H]1CC[C@H](O)[C@H](OC)C1. The van der Waals surface area contributed by atoms with E-state index in [4.69, 9.17) is 4.74 Å². The number of nitrogens with zero attached hydrogens (tertiary/aromatic N) is 3. The largest absolute Gasteiger partial charge is 0.390 e. The Kier molecular flexibility index (Phi) is 5.69. The molecule has 7 heteroatoms. The zero-order valence-corrected chi connectivity index (χ0v) is 12.7. The van der Waals surface area contributed by atoms with E-state index in [9.17, 15) is 9.90 Å². The van der Waals surface area contributed by atoms with Gasteiger partial charge in [-0.05, 0) is 26.2 Å². The van der Waals surface area contributed by atoms with Crippen molar-refractivity contribution in [2.24, 2.45) is 5.92 Å². The summed E-state index contributed by atoms with van der Waals surface area (Å²) in [4.78, 5) is 12.2. The molecule has 1 saturated carbocycles. The molecular formula is C14H24N4O3. The maximum Gasteiger partial charge on any atom is 0.223 e. The van der Waals surface area contributed by atoms with E-state index in [2.05, 4.69) is 15.5 Å². The molecule has 3 atom stereocenters. The Hall–Kier alpha value is -1.47. The van der Waals surface area contributed by atoms with Crippen LogP contribution >= 0.6 is 0 Å². The molecule has 1 aliphatic rings. The number of aliphatic hydroxyl groups is 1. The first-order valence-corrected chi connectivity index (χ1v) is 7.51. The van der Waals surface area contributed by atoms with Crippen molar-refractivity contribution in [1.82, 2.24) is 20.1 Å². The van der Waals surface area contributed by atoms with E-state index in [-0.39, 0.29) is 17.9 Å². The smallest absolute Gasteiger partial charge is 0.223 e.